The van der Waals surface area contributed by atoms with Crippen molar-refractivity contribution < 1.29 is 4.79 Å². The molecule has 5 nitrogen and oxygen atoms in total. The Morgan fingerprint density at radius 2 is 2.26 bits per heavy atom. The minimum Gasteiger partial charge on any atom is -0.334 e. The molecule has 1 aliphatic heterocycles. The SMILES string of the molecule is [B]c1cnc2c(c1)CN(C(=O)c1nc3c(Cl)cccc3[nH]1)CC2. The van der Waals surface area contributed by atoms with Crippen molar-refractivity contribution in [3.05, 3.63) is 52.6 Å². The fourth-order valence-corrected chi connectivity index (χ4v) is 3.08. The normalized spacial score (nSPS) is 14.0. The Bertz CT molecular complexity index is 924. The van der Waals surface area contributed by atoms with Crippen LogP contribution in [0.5, 0.6) is 0 Å². The van der Waals surface area contributed by atoms with Crippen LogP contribution in [0.3, 0.4) is 0 Å². The molecule has 0 aliphatic carbocycles. The zero-order chi connectivity index (χ0) is 16.0. The molecule has 0 fully saturated rings. The molecule has 112 valence electrons. The first-order chi connectivity index (χ1) is 11.1. The molecule has 0 unspecified atom stereocenters. The molecule has 4 rings (SSSR count). The molecule has 7 heteroatoms. The van der Waals surface area contributed by atoms with Gasteiger partial charge >= 0.3 is 0 Å². The average molecular weight is 323 g/mol. The summed E-state index contributed by atoms with van der Waals surface area (Å²) in [5.74, 6) is 0.152. The first-order valence-corrected chi connectivity index (χ1v) is 7.66. The van der Waals surface area contributed by atoms with Crippen LogP contribution in [0.1, 0.15) is 21.9 Å². The van der Waals surface area contributed by atoms with Gasteiger partial charge in [0, 0.05) is 31.4 Å². The number of carbonyl (C=O) groups excluding carboxylic acids is 1. The average Bonchev–Trinajstić information content (AvgIpc) is 2.99. The lowest BCUT2D eigenvalue weighted by Crippen LogP contribution is -2.37. The lowest BCUT2D eigenvalue weighted by atomic mass is 9.94. The lowest BCUT2D eigenvalue weighted by Gasteiger charge is -2.27. The number of aromatic amines is 1. The third kappa shape index (κ3) is 2.49. The molecule has 1 amide bonds. The van der Waals surface area contributed by atoms with Gasteiger partial charge < -0.3 is 9.88 Å². The van der Waals surface area contributed by atoms with E-state index in [1.807, 2.05) is 18.2 Å². The van der Waals surface area contributed by atoms with Crippen molar-refractivity contribution in [2.75, 3.05) is 6.54 Å². The Hall–Kier alpha value is -2.34. The van der Waals surface area contributed by atoms with Gasteiger partial charge in [-0.1, -0.05) is 29.2 Å². The number of hydrogen-bond acceptors (Lipinski definition) is 3. The van der Waals surface area contributed by atoms with Crippen molar-refractivity contribution in [3.63, 3.8) is 0 Å². The van der Waals surface area contributed by atoms with Crippen LogP contribution in [-0.2, 0) is 13.0 Å². The molecule has 2 radical (unpaired) electrons. The molecular weight excluding hydrogens is 310 g/mol. The van der Waals surface area contributed by atoms with Crippen LogP contribution >= 0.6 is 11.6 Å². The van der Waals surface area contributed by atoms with Crippen molar-refractivity contribution in [2.45, 2.75) is 13.0 Å². The van der Waals surface area contributed by atoms with Gasteiger partial charge in [-0.3, -0.25) is 9.78 Å². The number of nitrogens with one attached hydrogen (secondary N) is 1. The minimum absolute atomic E-state index is 0.148. The molecule has 1 aliphatic rings. The van der Waals surface area contributed by atoms with Crippen LogP contribution < -0.4 is 5.46 Å². The van der Waals surface area contributed by atoms with E-state index in [-0.39, 0.29) is 5.91 Å². The third-order valence-electron chi connectivity index (χ3n) is 4.01. The number of imidazole rings is 1. The van der Waals surface area contributed by atoms with Gasteiger partial charge in [0.25, 0.3) is 5.91 Å². The highest BCUT2D eigenvalue weighted by Gasteiger charge is 2.25. The largest absolute Gasteiger partial charge is 0.334 e. The molecule has 3 heterocycles. The summed E-state index contributed by atoms with van der Waals surface area (Å²) in [6.07, 6.45) is 2.36. The third-order valence-corrected chi connectivity index (χ3v) is 4.32. The number of hydrogen-bond donors (Lipinski definition) is 1. The van der Waals surface area contributed by atoms with E-state index in [0.29, 0.717) is 41.3 Å². The van der Waals surface area contributed by atoms with Crippen LogP contribution in [0.4, 0.5) is 0 Å². The molecule has 0 atom stereocenters. The van der Waals surface area contributed by atoms with Gasteiger partial charge in [-0.15, -0.1) is 0 Å². The number of aromatic nitrogens is 3. The maximum atomic E-state index is 12.7. The van der Waals surface area contributed by atoms with Gasteiger partial charge in [-0.2, -0.15) is 0 Å². The first-order valence-electron chi connectivity index (χ1n) is 7.28. The molecule has 3 aromatic rings. The molecule has 0 saturated heterocycles. The Morgan fingerprint density at radius 1 is 1.39 bits per heavy atom. The summed E-state index contributed by atoms with van der Waals surface area (Å²) in [6.45, 7) is 1.09. The van der Waals surface area contributed by atoms with Crippen LogP contribution in [-0.4, -0.2) is 40.2 Å². The van der Waals surface area contributed by atoms with E-state index in [2.05, 4.69) is 15.0 Å². The highest BCUT2D eigenvalue weighted by molar-refractivity contribution is 6.35. The Labute approximate surface area is 139 Å². The fraction of sp³-hybridized carbons (Fsp3) is 0.188. The van der Waals surface area contributed by atoms with Gasteiger partial charge in [0.05, 0.1) is 10.5 Å². The Morgan fingerprint density at radius 3 is 3.09 bits per heavy atom. The molecule has 0 spiro atoms. The summed E-state index contributed by atoms with van der Waals surface area (Å²) < 4.78 is 0. The van der Waals surface area contributed by atoms with Gasteiger partial charge in [-0.05, 0) is 17.7 Å². The highest BCUT2D eigenvalue weighted by atomic mass is 35.5. The topological polar surface area (TPSA) is 61.9 Å². The van der Waals surface area contributed by atoms with E-state index < -0.39 is 0 Å². The monoisotopic (exact) mass is 322 g/mol. The number of fused-ring (bicyclic) bond motifs is 2. The predicted octanol–water partition coefficient (Wildman–Crippen LogP) is 1.60. The van der Waals surface area contributed by atoms with Crippen LogP contribution in [0.25, 0.3) is 11.0 Å². The molecule has 1 N–H and O–H groups in total. The molecule has 1 aromatic carbocycles. The van der Waals surface area contributed by atoms with Gasteiger partial charge in [0.2, 0.25) is 0 Å². The number of amides is 1. The van der Waals surface area contributed by atoms with Crippen LogP contribution in [0.15, 0.2) is 30.5 Å². The Kier molecular flexibility index (Phi) is 3.34. The first kappa shape index (κ1) is 14.3. The van der Waals surface area contributed by atoms with Gasteiger partial charge in [0.1, 0.15) is 13.4 Å². The summed E-state index contributed by atoms with van der Waals surface area (Å²) in [7, 11) is 5.78. The van der Waals surface area contributed by atoms with Gasteiger partial charge in [0.15, 0.2) is 5.82 Å². The van der Waals surface area contributed by atoms with E-state index in [4.69, 9.17) is 19.4 Å². The molecule has 0 bridgehead atoms. The second-order valence-electron chi connectivity index (χ2n) is 5.57. The lowest BCUT2D eigenvalue weighted by molar-refractivity contribution is 0.0722. The summed E-state index contributed by atoms with van der Waals surface area (Å²) >= 11 is 6.12. The predicted molar refractivity (Wildman–Crippen MR) is 89.2 cm³/mol. The number of benzene rings is 1. The van der Waals surface area contributed by atoms with Crippen molar-refractivity contribution >= 4 is 41.9 Å². The van der Waals surface area contributed by atoms with Crippen LogP contribution in [0.2, 0.25) is 5.02 Å². The molecular formula is C16H12BClN4O. The zero-order valence-electron chi connectivity index (χ0n) is 12.2. The number of rotatable bonds is 1. The summed E-state index contributed by atoms with van der Waals surface area (Å²) in [4.78, 5) is 26.2. The van der Waals surface area contributed by atoms with Crippen molar-refractivity contribution in [1.82, 2.24) is 19.9 Å². The quantitative estimate of drug-likeness (QED) is 0.692. The number of H-pyrrole nitrogens is 1. The number of pyridine rings is 1. The Balaban J connectivity index is 1.65. The second-order valence-corrected chi connectivity index (χ2v) is 5.98. The van der Waals surface area contributed by atoms with E-state index in [1.165, 1.54) is 0 Å². The maximum Gasteiger partial charge on any atom is 0.289 e. The number of halogens is 1. The summed E-state index contributed by atoms with van der Waals surface area (Å²) in [5, 5.41) is 0.527. The standard InChI is InChI=1S/C16H12BClN4O/c17-10-6-9-8-22(5-4-12(9)19-7-10)16(23)15-20-13-3-1-2-11(18)14(13)21-15/h1-3,6-7H,4-5,8H2,(H,20,21). The molecule has 0 saturated carbocycles. The summed E-state index contributed by atoms with van der Waals surface area (Å²) in [6, 6.07) is 7.30. The smallest absolute Gasteiger partial charge is 0.289 e. The van der Waals surface area contributed by atoms with Gasteiger partial charge in [-0.25, -0.2) is 4.98 Å². The number of nitrogens with zero attached hydrogens (tertiary/aromatic N) is 3. The number of carbonyl (C=O) groups is 1. The van der Waals surface area contributed by atoms with E-state index in [0.717, 1.165) is 16.8 Å². The maximum absolute atomic E-state index is 12.7. The molecule has 2 aromatic heterocycles. The van der Waals surface area contributed by atoms with Crippen LogP contribution in [0, 0.1) is 0 Å². The second kappa shape index (κ2) is 5.39. The van der Waals surface area contributed by atoms with Crippen molar-refractivity contribution in [3.8, 4) is 0 Å². The summed E-state index contributed by atoms with van der Waals surface area (Å²) in [5.41, 5.74) is 3.95. The van der Waals surface area contributed by atoms with Crippen molar-refractivity contribution in [2.24, 2.45) is 0 Å². The molecule has 23 heavy (non-hydrogen) atoms. The minimum atomic E-state index is -0.148. The van der Waals surface area contributed by atoms with E-state index in [9.17, 15) is 4.79 Å². The fourth-order valence-electron chi connectivity index (χ4n) is 2.87. The van der Waals surface area contributed by atoms with E-state index in [1.54, 1.807) is 17.2 Å². The van der Waals surface area contributed by atoms with Crippen molar-refractivity contribution in [1.29, 1.82) is 0 Å². The van der Waals surface area contributed by atoms with E-state index >= 15 is 0 Å². The highest BCUT2D eigenvalue weighted by Crippen LogP contribution is 2.23. The number of para-hydroxylation sites is 1. The zero-order valence-corrected chi connectivity index (χ0v) is 13.0.